The van der Waals surface area contributed by atoms with Crippen LogP contribution in [0.4, 0.5) is 0 Å². The van der Waals surface area contributed by atoms with Crippen LogP contribution in [0.3, 0.4) is 0 Å². The smallest absolute Gasteiger partial charge is 0.227 e. The molecule has 0 bridgehead atoms. The second-order valence-corrected chi connectivity index (χ2v) is 6.18. The minimum atomic E-state index is 0.590. The van der Waals surface area contributed by atoms with Crippen LogP contribution < -0.4 is 5.32 Å². The molecule has 0 aliphatic heterocycles. The average molecular weight is 292 g/mol. The highest BCUT2D eigenvalue weighted by Crippen LogP contribution is 2.28. The van der Waals surface area contributed by atoms with Crippen molar-refractivity contribution in [2.75, 3.05) is 6.54 Å². The third-order valence-electron chi connectivity index (χ3n) is 3.93. The van der Waals surface area contributed by atoms with Gasteiger partial charge in [0.2, 0.25) is 11.7 Å². The van der Waals surface area contributed by atoms with E-state index >= 15 is 0 Å². The molecule has 0 aromatic carbocycles. The number of rotatable bonds is 5. The Labute approximate surface area is 122 Å². The van der Waals surface area contributed by atoms with E-state index in [4.69, 9.17) is 4.52 Å². The van der Waals surface area contributed by atoms with Crippen molar-refractivity contribution in [3.8, 4) is 10.7 Å². The lowest BCUT2D eigenvalue weighted by Gasteiger charge is -2.31. The second kappa shape index (κ2) is 6.45. The molecule has 1 aliphatic carbocycles. The first-order chi connectivity index (χ1) is 9.86. The lowest BCUT2D eigenvalue weighted by molar-refractivity contribution is 0.242. The van der Waals surface area contributed by atoms with Gasteiger partial charge in [-0.1, -0.05) is 24.9 Å². The minimum absolute atomic E-state index is 0.590. The van der Waals surface area contributed by atoms with Gasteiger partial charge in [-0.25, -0.2) is 0 Å². The fourth-order valence-corrected chi connectivity index (χ4v) is 3.52. The second-order valence-electron chi connectivity index (χ2n) is 5.29. The van der Waals surface area contributed by atoms with Crippen LogP contribution in [0.25, 0.3) is 10.7 Å². The molecule has 108 valence electrons. The topological polar surface area (TPSA) is 63.8 Å². The van der Waals surface area contributed by atoms with E-state index in [0.29, 0.717) is 17.8 Å². The zero-order valence-electron chi connectivity index (χ0n) is 11.7. The Morgan fingerprint density at radius 1 is 1.40 bits per heavy atom. The summed E-state index contributed by atoms with van der Waals surface area (Å²) in [5, 5.41) is 7.65. The zero-order valence-corrected chi connectivity index (χ0v) is 12.5. The molecule has 1 aliphatic rings. The predicted octanol–water partition coefficient (Wildman–Crippen LogP) is 2.90. The summed E-state index contributed by atoms with van der Waals surface area (Å²) >= 11 is 1.54. The molecule has 2 atom stereocenters. The van der Waals surface area contributed by atoms with Crippen molar-refractivity contribution in [1.29, 1.82) is 0 Å². The standard InChI is InChI=1S/C14H20N4OS/c1-2-16-11-6-4-3-5-10(11)7-13-17-14(18-19-13)12-8-15-9-20-12/h8-11,16H,2-7H2,1H3. The Bertz CT molecular complexity index is 523. The van der Waals surface area contributed by atoms with Gasteiger partial charge in [0.1, 0.15) is 0 Å². The van der Waals surface area contributed by atoms with Crippen molar-refractivity contribution in [1.82, 2.24) is 20.4 Å². The average Bonchev–Trinajstić information content (AvgIpc) is 3.12. The molecule has 6 heteroatoms. The number of hydrogen-bond acceptors (Lipinski definition) is 6. The Morgan fingerprint density at radius 2 is 2.30 bits per heavy atom. The number of aromatic nitrogens is 3. The number of thiazole rings is 1. The molecule has 2 aromatic rings. The molecule has 1 N–H and O–H groups in total. The Balaban J connectivity index is 1.67. The van der Waals surface area contributed by atoms with E-state index in [1.807, 2.05) is 0 Å². The summed E-state index contributed by atoms with van der Waals surface area (Å²) in [7, 11) is 0. The van der Waals surface area contributed by atoms with Gasteiger partial charge in [-0.15, -0.1) is 11.3 Å². The van der Waals surface area contributed by atoms with Crippen LogP contribution in [0, 0.1) is 5.92 Å². The van der Waals surface area contributed by atoms with Crippen LogP contribution in [-0.4, -0.2) is 27.7 Å². The number of nitrogens with zero attached hydrogens (tertiary/aromatic N) is 3. The molecule has 3 rings (SSSR count). The summed E-state index contributed by atoms with van der Waals surface area (Å²) < 4.78 is 5.41. The first-order valence-electron chi connectivity index (χ1n) is 7.31. The molecule has 20 heavy (non-hydrogen) atoms. The van der Waals surface area contributed by atoms with Crippen molar-refractivity contribution < 1.29 is 4.52 Å². The fraction of sp³-hybridized carbons (Fsp3) is 0.643. The largest absolute Gasteiger partial charge is 0.339 e. The molecule has 1 saturated carbocycles. The maximum absolute atomic E-state index is 5.41. The Morgan fingerprint density at radius 3 is 3.10 bits per heavy atom. The van der Waals surface area contributed by atoms with E-state index in [-0.39, 0.29) is 0 Å². The quantitative estimate of drug-likeness (QED) is 0.918. The van der Waals surface area contributed by atoms with Gasteiger partial charge in [0.15, 0.2) is 0 Å². The van der Waals surface area contributed by atoms with Crippen LogP contribution in [-0.2, 0) is 6.42 Å². The highest BCUT2D eigenvalue weighted by molar-refractivity contribution is 7.13. The first kappa shape index (κ1) is 13.7. The molecule has 0 saturated heterocycles. The van der Waals surface area contributed by atoms with Gasteiger partial charge in [-0.3, -0.25) is 4.98 Å². The van der Waals surface area contributed by atoms with Gasteiger partial charge in [0, 0.05) is 18.7 Å². The summed E-state index contributed by atoms with van der Waals surface area (Å²) in [6.45, 7) is 3.19. The first-order valence-corrected chi connectivity index (χ1v) is 8.19. The lowest BCUT2D eigenvalue weighted by atomic mass is 9.82. The van der Waals surface area contributed by atoms with Crippen LogP contribution in [0.2, 0.25) is 0 Å². The molecule has 0 amide bonds. The van der Waals surface area contributed by atoms with E-state index in [0.717, 1.165) is 23.7 Å². The maximum Gasteiger partial charge on any atom is 0.227 e. The fourth-order valence-electron chi connectivity index (χ4n) is 2.97. The lowest BCUT2D eigenvalue weighted by Crippen LogP contribution is -2.39. The summed E-state index contributed by atoms with van der Waals surface area (Å²) in [6, 6.07) is 0.590. The van der Waals surface area contributed by atoms with Crippen LogP contribution in [0.1, 0.15) is 38.5 Å². The monoisotopic (exact) mass is 292 g/mol. The highest BCUT2D eigenvalue weighted by Gasteiger charge is 2.26. The van der Waals surface area contributed by atoms with Crippen molar-refractivity contribution in [3.05, 3.63) is 17.6 Å². The molecule has 2 aromatic heterocycles. The van der Waals surface area contributed by atoms with Crippen LogP contribution >= 0.6 is 11.3 Å². The molecule has 5 nitrogen and oxygen atoms in total. The summed E-state index contributed by atoms with van der Waals surface area (Å²) in [6.07, 6.45) is 7.79. The summed E-state index contributed by atoms with van der Waals surface area (Å²) in [5.74, 6) is 2.03. The summed E-state index contributed by atoms with van der Waals surface area (Å²) in [5.41, 5.74) is 1.79. The molecule has 0 radical (unpaired) electrons. The Kier molecular flexibility index (Phi) is 4.42. The highest BCUT2D eigenvalue weighted by atomic mass is 32.1. The van der Waals surface area contributed by atoms with Gasteiger partial charge in [0.25, 0.3) is 0 Å². The minimum Gasteiger partial charge on any atom is -0.339 e. The third-order valence-corrected chi connectivity index (χ3v) is 4.70. The molecule has 2 unspecified atom stereocenters. The number of nitrogens with one attached hydrogen (secondary N) is 1. The molecule has 0 spiro atoms. The Hall–Kier alpha value is -1.27. The van der Waals surface area contributed by atoms with Crippen molar-refractivity contribution >= 4 is 11.3 Å². The molecular formula is C14H20N4OS. The zero-order chi connectivity index (χ0) is 13.8. The van der Waals surface area contributed by atoms with E-state index in [9.17, 15) is 0 Å². The summed E-state index contributed by atoms with van der Waals surface area (Å²) in [4.78, 5) is 9.52. The van der Waals surface area contributed by atoms with Crippen molar-refractivity contribution in [2.45, 2.75) is 45.1 Å². The molecular weight excluding hydrogens is 272 g/mol. The van der Waals surface area contributed by atoms with Gasteiger partial charge in [-0.2, -0.15) is 4.98 Å². The molecule has 1 fully saturated rings. The van der Waals surface area contributed by atoms with Gasteiger partial charge in [0.05, 0.1) is 10.4 Å². The van der Waals surface area contributed by atoms with Gasteiger partial charge in [-0.05, 0) is 25.3 Å². The SMILES string of the molecule is CCNC1CCCCC1Cc1nc(-c2cncs2)no1. The predicted molar refractivity (Wildman–Crippen MR) is 78.5 cm³/mol. The number of hydrogen-bond donors (Lipinski definition) is 1. The normalized spacial score (nSPS) is 23.1. The van der Waals surface area contributed by atoms with Gasteiger partial charge >= 0.3 is 0 Å². The van der Waals surface area contributed by atoms with E-state index < -0.39 is 0 Å². The van der Waals surface area contributed by atoms with Crippen LogP contribution in [0.5, 0.6) is 0 Å². The van der Waals surface area contributed by atoms with E-state index in [1.165, 1.54) is 37.0 Å². The van der Waals surface area contributed by atoms with E-state index in [1.54, 1.807) is 11.7 Å². The van der Waals surface area contributed by atoms with Crippen molar-refractivity contribution in [2.24, 2.45) is 5.92 Å². The van der Waals surface area contributed by atoms with Crippen molar-refractivity contribution in [3.63, 3.8) is 0 Å². The third kappa shape index (κ3) is 3.07. The maximum atomic E-state index is 5.41. The molecule has 2 heterocycles. The van der Waals surface area contributed by atoms with Crippen LogP contribution in [0.15, 0.2) is 16.2 Å². The van der Waals surface area contributed by atoms with E-state index in [2.05, 4.69) is 27.4 Å². The van der Waals surface area contributed by atoms with Gasteiger partial charge < -0.3 is 9.84 Å².